The van der Waals surface area contributed by atoms with Crippen LogP contribution in [-0.2, 0) is 29.6 Å². The monoisotopic (exact) mass is 523 g/mol. The highest BCUT2D eigenvalue weighted by Crippen LogP contribution is 2.31. The first kappa shape index (κ1) is 25.6. The van der Waals surface area contributed by atoms with Gasteiger partial charge in [-0.15, -0.1) is 0 Å². The number of carbonyl (C=O) groups is 1. The van der Waals surface area contributed by atoms with Crippen LogP contribution in [0.15, 0.2) is 58.3 Å². The predicted octanol–water partition coefficient (Wildman–Crippen LogP) is 1.76. The Bertz CT molecular complexity index is 1260. The number of piperidine rings is 1. The highest BCUT2D eigenvalue weighted by atomic mass is 32.2. The number of rotatable bonds is 7. The van der Waals surface area contributed by atoms with Crippen molar-refractivity contribution in [3.05, 3.63) is 48.5 Å². The van der Waals surface area contributed by atoms with Crippen LogP contribution in [0.4, 0.5) is 5.69 Å². The summed E-state index contributed by atoms with van der Waals surface area (Å²) in [6.45, 7) is 1.47. The van der Waals surface area contributed by atoms with Crippen LogP contribution in [0.1, 0.15) is 12.8 Å². The number of nitrogens with one attached hydrogen (secondary N) is 1. The first-order valence-electron chi connectivity index (χ1n) is 11.4. The molecule has 0 aromatic heterocycles. The topological polar surface area (TPSA) is 122 Å². The standard InChI is InChI=1S/C23H29N3O7S2/c1-32-21-10-9-19(16-22(21)35(30,31)25-12-14-33-15-13-25)24-23(27)18-6-5-11-26(17-18)34(28,29)20-7-3-2-4-8-20/h2-4,7-10,16,18H,5-6,11-15,17H2,1H3,(H,24,27)/t18-/m0/s1. The molecule has 2 fully saturated rings. The van der Waals surface area contributed by atoms with Crippen molar-refractivity contribution in [2.45, 2.75) is 22.6 Å². The van der Waals surface area contributed by atoms with Gasteiger partial charge in [0.15, 0.2) is 0 Å². The van der Waals surface area contributed by atoms with Gasteiger partial charge >= 0.3 is 0 Å². The molecule has 2 aliphatic heterocycles. The molecule has 2 aromatic rings. The first-order valence-corrected chi connectivity index (χ1v) is 14.2. The second-order valence-electron chi connectivity index (χ2n) is 8.39. The van der Waals surface area contributed by atoms with E-state index in [1.54, 1.807) is 24.3 Å². The Morgan fingerprint density at radius 2 is 1.69 bits per heavy atom. The van der Waals surface area contributed by atoms with Crippen molar-refractivity contribution in [2.24, 2.45) is 5.92 Å². The van der Waals surface area contributed by atoms with E-state index in [9.17, 15) is 21.6 Å². The van der Waals surface area contributed by atoms with E-state index in [-0.39, 0.29) is 41.1 Å². The number of anilines is 1. The fourth-order valence-corrected chi connectivity index (χ4v) is 7.38. The minimum absolute atomic E-state index is 0.0448. The molecule has 1 atom stereocenters. The zero-order valence-corrected chi connectivity index (χ0v) is 21.1. The fourth-order valence-electron chi connectivity index (χ4n) is 4.24. The molecule has 0 unspecified atom stereocenters. The molecular weight excluding hydrogens is 494 g/mol. The molecule has 0 aliphatic carbocycles. The maximum atomic E-state index is 13.2. The lowest BCUT2D eigenvalue weighted by Gasteiger charge is -2.31. The SMILES string of the molecule is COc1ccc(NC(=O)[C@H]2CCCN(S(=O)(=O)c3ccccc3)C2)cc1S(=O)(=O)N1CCOCC1. The van der Waals surface area contributed by atoms with Gasteiger partial charge in [-0.3, -0.25) is 4.79 Å². The number of carbonyl (C=O) groups excluding carboxylic acids is 1. The van der Waals surface area contributed by atoms with E-state index in [1.807, 2.05) is 0 Å². The van der Waals surface area contributed by atoms with E-state index >= 15 is 0 Å². The highest BCUT2D eigenvalue weighted by molar-refractivity contribution is 7.89. The van der Waals surface area contributed by atoms with E-state index in [4.69, 9.17) is 9.47 Å². The smallest absolute Gasteiger partial charge is 0.246 e. The van der Waals surface area contributed by atoms with E-state index in [0.29, 0.717) is 38.3 Å². The van der Waals surface area contributed by atoms with Gasteiger partial charge in [0, 0.05) is 31.9 Å². The Balaban J connectivity index is 1.51. The van der Waals surface area contributed by atoms with Gasteiger partial charge in [-0.25, -0.2) is 16.8 Å². The molecular formula is C23H29N3O7S2. The Hall–Kier alpha value is -2.51. The Morgan fingerprint density at radius 1 is 0.971 bits per heavy atom. The van der Waals surface area contributed by atoms with Crippen molar-refractivity contribution in [1.82, 2.24) is 8.61 Å². The lowest BCUT2D eigenvalue weighted by molar-refractivity contribution is -0.120. The summed E-state index contributed by atoms with van der Waals surface area (Å²) in [4.78, 5) is 13.2. The molecule has 0 bridgehead atoms. The first-order chi connectivity index (χ1) is 16.7. The van der Waals surface area contributed by atoms with Gasteiger partial charge in [0.2, 0.25) is 26.0 Å². The fraction of sp³-hybridized carbons (Fsp3) is 0.435. The molecule has 0 spiro atoms. The molecule has 2 saturated heterocycles. The van der Waals surface area contributed by atoms with Crippen LogP contribution in [0.2, 0.25) is 0 Å². The van der Waals surface area contributed by atoms with Crippen LogP contribution >= 0.6 is 0 Å². The van der Waals surface area contributed by atoms with E-state index in [2.05, 4.69) is 5.32 Å². The van der Waals surface area contributed by atoms with Crippen molar-refractivity contribution in [1.29, 1.82) is 0 Å². The van der Waals surface area contributed by atoms with E-state index < -0.39 is 26.0 Å². The summed E-state index contributed by atoms with van der Waals surface area (Å²) in [5.74, 6) is -0.756. The molecule has 12 heteroatoms. The van der Waals surface area contributed by atoms with Gasteiger partial charge in [0.25, 0.3) is 0 Å². The summed E-state index contributed by atoms with van der Waals surface area (Å²) < 4.78 is 65.6. The second kappa shape index (κ2) is 10.6. The molecule has 190 valence electrons. The number of ether oxygens (including phenoxy) is 2. The summed E-state index contributed by atoms with van der Waals surface area (Å²) >= 11 is 0. The summed E-state index contributed by atoms with van der Waals surface area (Å²) in [5, 5.41) is 2.77. The molecule has 0 radical (unpaired) electrons. The van der Waals surface area contributed by atoms with E-state index in [0.717, 1.165) is 0 Å². The van der Waals surface area contributed by atoms with Crippen molar-refractivity contribution in [2.75, 3.05) is 51.8 Å². The van der Waals surface area contributed by atoms with Crippen LogP contribution in [0, 0.1) is 5.92 Å². The van der Waals surface area contributed by atoms with Gasteiger partial charge < -0.3 is 14.8 Å². The number of morpholine rings is 1. The Kier molecular flexibility index (Phi) is 7.77. The highest BCUT2D eigenvalue weighted by Gasteiger charge is 2.34. The molecule has 2 heterocycles. The Morgan fingerprint density at radius 3 is 2.37 bits per heavy atom. The zero-order valence-electron chi connectivity index (χ0n) is 19.4. The summed E-state index contributed by atoms with van der Waals surface area (Å²) in [6.07, 6.45) is 1.07. The lowest BCUT2D eigenvalue weighted by Crippen LogP contribution is -2.43. The maximum absolute atomic E-state index is 13.2. The minimum atomic E-state index is -3.86. The van der Waals surface area contributed by atoms with Crippen molar-refractivity contribution in [3.8, 4) is 5.75 Å². The number of methoxy groups -OCH3 is 1. The van der Waals surface area contributed by atoms with Crippen LogP contribution in [0.3, 0.4) is 0 Å². The summed E-state index contributed by atoms with van der Waals surface area (Å²) in [7, 11) is -6.18. The summed E-state index contributed by atoms with van der Waals surface area (Å²) in [6, 6.07) is 12.6. The van der Waals surface area contributed by atoms with Crippen LogP contribution in [-0.4, -0.2) is 77.9 Å². The zero-order chi connectivity index (χ0) is 25.1. The van der Waals surface area contributed by atoms with Gasteiger partial charge in [-0.1, -0.05) is 18.2 Å². The predicted molar refractivity (Wildman–Crippen MR) is 129 cm³/mol. The second-order valence-corrected chi connectivity index (χ2v) is 12.2. The minimum Gasteiger partial charge on any atom is -0.495 e. The molecule has 1 amide bonds. The number of hydrogen-bond acceptors (Lipinski definition) is 7. The molecule has 0 saturated carbocycles. The molecule has 2 aliphatic rings. The molecule has 4 rings (SSSR count). The van der Waals surface area contributed by atoms with Gasteiger partial charge in [0.1, 0.15) is 10.6 Å². The molecule has 2 aromatic carbocycles. The number of amides is 1. The average molecular weight is 524 g/mol. The van der Waals surface area contributed by atoms with Gasteiger partial charge in [0.05, 0.1) is 31.1 Å². The van der Waals surface area contributed by atoms with Crippen molar-refractivity contribution >= 4 is 31.6 Å². The van der Waals surface area contributed by atoms with Crippen LogP contribution in [0.25, 0.3) is 0 Å². The number of sulfonamides is 2. The maximum Gasteiger partial charge on any atom is 0.246 e. The molecule has 10 nitrogen and oxygen atoms in total. The summed E-state index contributed by atoms with van der Waals surface area (Å²) in [5.41, 5.74) is 0.297. The Labute approximate surface area is 205 Å². The normalized spacial score (nSPS) is 20.3. The van der Waals surface area contributed by atoms with Gasteiger partial charge in [-0.2, -0.15) is 8.61 Å². The third kappa shape index (κ3) is 5.51. The lowest BCUT2D eigenvalue weighted by atomic mass is 9.98. The van der Waals surface area contributed by atoms with Crippen LogP contribution < -0.4 is 10.1 Å². The third-order valence-electron chi connectivity index (χ3n) is 6.15. The number of nitrogens with zero attached hydrogens (tertiary/aromatic N) is 2. The molecule has 35 heavy (non-hydrogen) atoms. The third-order valence-corrected chi connectivity index (χ3v) is 9.95. The number of hydrogen-bond donors (Lipinski definition) is 1. The quantitative estimate of drug-likeness (QED) is 0.587. The largest absolute Gasteiger partial charge is 0.495 e. The number of benzene rings is 2. The van der Waals surface area contributed by atoms with Crippen LogP contribution in [0.5, 0.6) is 5.75 Å². The van der Waals surface area contributed by atoms with E-state index in [1.165, 1.54) is 40.0 Å². The van der Waals surface area contributed by atoms with Crippen molar-refractivity contribution in [3.63, 3.8) is 0 Å². The molecule has 1 N–H and O–H groups in total. The van der Waals surface area contributed by atoms with Crippen molar-refractivity contribution < 1.29 is 31.1 Å². The average Bonchev–Trinajstić information content (AvgIpc) is 2.89. The van der Waals surface area contributed by atoms with Gasteiger partial charge in [-0.05, 0) is 43.2 Å².